The maximum Gasteiger partial charge on any atom is 0.0468 e. The minimum absolute atomic E-state index is 0.417. The van der Waals surface area contributed by atoms with Crippen LogP contribution in [0, 0.1) is 17.3 Å². The van der Waals surface area contributed by atoms with Gasteiger partial charge in [0.05, 0.1) is 0 Å². The molecular formula is C14H29NO. The number of rotatable bonds is 5. The predicted octanol–water partition coefficient (Wildman–Crippen LogP) is 3.07. The molecule has 0 aromatic rings. The Morgan fingerprint density at radius 2 is 1.88 bits per heavy atom. The molecule has 0 aromatic carbocycles. The van der Waals surface area contributed by atoms with E-state index in [0.29, 0.717) is 5.41 Å². The van der Waals surface area contributed by atoms with Gasteiger partial charge in [-0.15, -0.1) is 0 Å². The van der Waals surface area contributed by atoms with Crippen LogP contribution >= 0.6 is 0 Å². The van der Waals surface area contributed by atoms with Crippen molar-refractivity contribution in [1.82, 2.24) is 5.32 Å². The van der Waals surface area contributed by atoms with Crippen molar-refractivity contribution in [3.8, 4) is 0 Å². The van der Waals surface area contributed by atoms with Crippen LogP contribution in [0.2, 0.25) is 0 Å². The Morgan fingerprint density at radius 1 is 1.25 bits per heavy atom. The van der Waals surface area contributed by atoms with E-state index in [1.807, 2.05) is 0 Å². The lowest BCUT2D eigenvalue weighted by atomic mass is 9.74. The van der Waals surface area contributed by atoms with E-state index in [4.69, 9.17) is 4.74 Å². The summed E-state index contributed by atoms with van der Waals surface area (Å²) in [7, 11) is 0. The van der Waals surface area contributed by atoms with E-state index in [1.165, 1.54) is 19.3 Å². The second-order valence-corrected chi connectivity index (χ2v) is 6.16. The lowest BCUT2D eigenvalue weighted by Crippen LogP contribution is -2.34. The third kappa shape index (κ3) is 4.84. The maximum atomic E-state index is 5.43. The lowest BCUT2D eigenvalue weighted by Gasteiger charge is -2.35. The van der Waals surface area contributed by atoms with Gasteiger partial charge in [0.2, 0.25) is 0 Å². The van der Waals surface area contributed by atoms with Gasteiger partial charge in [0.15, 0.2) is 0 Å². The van der Waals surface area contributed by atoms with Gasteiger partial charge < -0.3 is 10.1 Å². The molecule has 0 spiro atoms. The molecule has 2 heteroatoms. The fourth-order valence-electron chi connectivity index (χ4n) is 2.45. The zero-order chi connectivity index (χ0) is 12.0. The van der Waals surface area contributed by atoms with Gasteiger partial charge in [-0.25, -0.2) is 0 Å². The Labute approximate surface area is 101 Å². The molecule has 1 heterocycles. The molecule has 2 nitrogen and oxygen atoms in total. The molecule has 0 saturated carbocycles. The maximum absolute atomic E-state index is 5.43. The van der Waals surface area contributed by atoms with Crippen molar-refractivity contribution in [3.05, 3.63) is 0 Å². The first-order chi connectivity index (χ1) is 7.54. The summed E-state index contributed by atoms with van der Waals surface area (Å²) in [6, 6.07) is 0. The zero-order valence-corrected chi connectivity index (χ0v) is 11.5. The summed E-state index contributed by atoms with van der Waals surface area (Å²) in [5, 5.41) is 3.51. The SMILES string of the molecule is CCNCC(CC1CCOCC1)C(C)(C)C. The minimum Gasteiger partial charge on any atom is -0.381 e. The molecule has 0 aromatic heterocycles. The molecule has 1 atom stereocenters. The summed E-state index contributed by atoms with van der Waals surface area (Å²) in [6.45, 7) is 13.5. The van der Waals surface area contributed by atoms with Crippen molar-refractivity contribution >= 4 is 0 Å². The first-order valence-electron chi connectivity index (χ1n) is 6.82. The third-order valence-corrected chi connectivity index (χ3v) is 3.82. The first-order valence-corrected chi connectivity index (χ1v) is 6.82. The summed E-state index contributed by atoms with van der Waals surface area (Å²) in [4.78, 5) is 0. The summed E-state index contributed by atoms with van der Waals surface area (Å²) in [6.07, 6.45) is 3.89. The molecule has 0 bridgehead atoms. The fourth-order valence-corrected chi connectivity index (χ4v) is 2.45. The predicted molar refractivity (Wildman–Crippen MR) is 69.6 cm³/mol. The van der Waals surface area contributed by atoms with E-state index < -0.39 is 0 Å². The van der Waals surface area contributed by atoms with E-state index in [2.05, 4.69) is 33.0 Å². The van der Waals surface area contributed by atoms with Crippen LogP contribution in [-0.2, 0) is 4.74 Å². The van der Waals surface area contributed by atoms with Crippen LogP contribution in [0.5, 0.6) is 0 Å². The smallest absolute Gasteiger partial charge is 0.0468 e. The Balaban J connectivity index is 2.41. The van der Waals surface area contributed by atoms with Gasteiger partial charge in [-0.1, -0.05) is 27.7 Å². The zero-order valence-electron chi connectivity index (χ0n) is 11.5. The normalized spacial score (nSPS) is 21.0. The summed E-state index contributed by atoms with van der Waals surface area (Å²) in [5.74, 6) is 1.67. The van der Waals surface area contributed by atoms with Crippen molar-refractivity contribution < 1.29 is 4.74 Å². The number of hydrogen-bond donors (Lipinski definition) is 1. The molecule has 1 aliphatic heterocycles. The Morgan fingerprint density at radius 3 is 2.38 bits per heavy atom. The van der Waals surface area contributed by atoms with E-state index in [1.54, 1.807) is 0 Å². The fraction of sp³-hybridized carbons (Fsp3) is 1.00. The molecule has 0 radical (unpaired) electrons. The van der Waals surface area contributed by atoms with Crippen LogP contribution in [-0.4, -0.2) is 26.3 Å². The minimum atomic E-state index is 0.417. The monoisotopic (exact) mass is 227 g/mol. The Bertz CT molecular complexity index is 180. The molecule has 1 unspecified atom stereocenters. The van der Waals surface area contributed by atoms with Gasteiger partial charge in [-0.05, 0) is 49.6 Å². The van der Waals surface area contributed by atoms with Gasteiger partial charge in [-0.3, -0.25) is 0 Å². The number of ether oxygens (including phenoxy) is 1. The van der Waals surface area contributed by atoms with Crippen molar-refractivity contribution in [2.45, 2.75) is 47.0 Å². The van der Waals surface area contributed by atoms with E-state index in [-0.39, 0.29) is 0 Å². The molecule has 1 saturated heterocycles. The first kappa shape index (κ1) is 14.0. The highest BCUT2D eigenvalue weighted by atomic mass is 16.5. The second-order valence-electron chi connectivity index (χ2n) is 6.16. The average Bonchev–Trinajstić information content (AvgIpc) is 2.24. The molecular weight excluding hydrogens is 198 g/mol. The highest BCUT2D eigenvalue weighted by molar-refractivity contribution is 4.79. The average molecular weight is 227 g/mol. The van der Waals surface area contributed by atoms with Crippen LogP contribution in [0.15, 0.2) is 0 Å². The topological polar surface area (TPSA) is 21.3 Å². The van der Waals surface area contributed by atoms with Crippen LogP contribution in [0.25, 0.3) is 0 Å². The van der Waals surface area contributed by atoms with Gasteiger partial charge in [0, 0.05) is 13.2 Å². The molecule has 1 rings (SSSR count). The molecule has 96 valence electrons. The summed E-state index contributed by atoms with van der Waals surface area (Å²) in [5.41, 5.74) is 0.417. The van der Waals surface area contributed by atoms with Gasteiger partial charge >= 0.3 is 0 Å². The lowest BCUT2D eigenvalue weighted by molar-refractivity contribution is 0.0495. The molecule has 1 N–H and O–H groups in total. The Kier molecular flexibility index (Phi) is 5.77. The highest BCUT2D eigenvalue weighted by Crippen LogP contribution is 2.33. The Hall–Kier alpha value is -0.0800. The van der Waals surface area contributed by atoms with E-state index in [0.717, 1.165) is 38.1 Å². The summed E-state index contributed by atoms with van der Waals surface area (Å²) >= 11 is 0. The number of hydrogen-bond acceptors (Lipinski definition) is 2. The third-order valence-electron chi connectivity index (χ3n) is 3.82. The van der Waals surface area contributed by atoms with Gasteiger partial charge in [0.1, 0.15) is 0 Å². The van der Waals surface area contributed by atoms with Gasteiger partial charge in [0.25, 0.3) is 0 Å². The van der Waals surface area contributed by atoms with Crippen LogP contribution < -0.4 is 5.32 Å². The van der Waals surface area contributed by atoms with Crippen LogP contribution in [0.1, 0.15) is 47.0 Å². The molecule has 16 heavy (non-hydrogen) atoms. The standard InChI is InChI=1S/C14H29NO/c1-5-15-11-13(14(2,3)4)10-12-6-8-16-9-7-12/h12-13,15H,5-11H2,1-4H3. The summed E-state index contributed by atoms with van der Waals surface area (Å²) < 4.78 is 5.43. The van der Waals surface area contributed by atoms with Crippen molar-refractivity contribution in [2.75, 3.05) is 26.3 Å². The largest absolute Gasteiger partial charge is 0.381 e. The van der Waals surface area contributed by atoms with Crippen molar-refractivity contribution in [3.63, 3.8) is 0 Å². The molecule has 0 amide bonds. The molecule has 0 aliphatic carbocycles. The molecule has 1 aliphatic rings. The van der Waals surface area contributed by atoms with Crippen LogP contribution in [0.4, 0.5) is 0 Å². The molecule has 1 fully saturated rings. The van der Waals surface area contributed by atoms with Crippen molar-refractivity contribution in [1.29, 1.82) is 0 Å². The van der Waals surface area contributed by atoms with E-state index in [9.17, 15) is 0 Å². The highest BCUT2D eigenvalue weighted by Gasteiger charge is 2.27. The van der Waals surface area contributed by atoms with Gasteiger partial charge in [-0.2, -0.15) is 0 Å². The number of nitrogens with one attached hydrogen (secondary N) is 1. The van der Waals surface area contributed by atoms with Crippen molar-refractivity contribution in [2.24, 2.45) is 17.3 Å². The van der Waals surface area contributed by atoms with E-state index >= 15 is 0 Å². The van der Waals surface area contributed by atoms with Crippen LogP contribution in [0.3, 0.4) is 0 Å². The second kappa shape index (κ2) is 6.61. The quantitative estimate of drug-likeness (QED) is 0.779.